The Morgan fingerprint density at radius 2 is 1.61 bits per heavy atom. The summed E-state index contributed by atoms with van der Waals surface area (Å²) in [5.74, 6) is 0.527. The zero-order valence-corrected chi connectivity index (χ0v) is 22.4. The average molecular weight is 529 g/mol. The molecule has 0 radical (unpaired) electrons. The maximum Gasteiger partial charge on any atom is 0.433 e. The first-order valence-electron chi connectivity index (χ1n) is 13.0. The van der Waals surface area contributed by atoms with Crippen molar-refractivity contribution in [3.63, 3.8) is 0 Å². The molecule has 4 rings (SSSR count). The third-order valence-electron chi connectivity index (χ3n) is 6.68. The standard InChI is InChI=1S/C28H35F3N6O/c1-20-8-7-9-21(18-20)22-10-13-37(26(38)32-22)12-6-5-11-35-14-16-36(17-15-35)24-19-23(28(29,30)31)33-25(34-24)27(2,3)4/h7-10,13,18-19H,5-6,11-12,14-17H2,1-4H3. The van der Waals surface area contributed by atoms with E-state index in [1.807, 2.05) is 62.9 Å². The van der Waals surface area contributed by atoms with Gasteiger partial charge in [-0.05, 0) is 38.4 Å². The molecule has 3 heterocycles. The van der Waals surface area contributed by atoms with Gasteiger partial charge in [0.05, 0.1) is 5.69 Å². The van der Waals surface area contributed by atoms with Crippen molar-refractivity contribution in [1.82, 2.24) is 24.4 Å². The van der Waals surface area contributed by atoms with E-state index in [-0.39, 0.29) is 11.5 Å². The smallest absolute Gasteiger partial charge is 0.354 e. The van der Waals surface area contributed by atoms with Gasteiger partial charge < -0.3 is 4.90 Å². The van der Waals surface area contributed by atoms with E-state index in [0.717, 1.165) is 49.7 Å². The third kappa shape index (κ3) is 6.98. The zero-order chi connectivity index (χ0) is 27.5. The fraction of sp³-hybridized carbons (Fsp3) is 0.500. The lowest BCUT2D eigenvalue weighted by Gasteiger charge is -2.36. The van der Waals surface area contributed by atoms with Crippen molar-refractivity contribution in [3.05, 3.63) is 70.2 Å². The summed E-state index contributed by atoms with van der Waals surface area (Å²) in [4.78, 5) is 29.2. The first-order chi connectivity index (χ1) is 17.9. The van der Waals surface area contributed by atoms with E-state index in [4.69, 9.17) is 0 Å². The van der Waals surface area contributed by atoms with Gasteiger partial charge in [0.15, 0.2) is 0 Å². The van der Waals surface area contributed by atoms with E-state index in [2.05, 4.69) is 19.9 Å². The summed E-state index contributed by atoms with van der Waals surface area (Å²) in [6, 6.07) is 10.8. The van der Waals surface area contributed by atoms with Crippen LogP contribution in [0.1, 0.15) is 50.7 Å². The molecule has 204 valence electrons. The number of nitrogens with zero attached hydrogens (tertiary/aromatic N) is 6. The normalized spacial score (nSPS) is 15.2. The SMILES string of the molecule is Cc1cccc(-c2ccn(CCCCN3CCN(c4cc(C(F)(F)F)nc(C(C)(C)C)n4)CC3)c(=O)n2)c1. The number of unbranched alkanes of at least 4 members (excludes halogenated alkanes) is 1. The number of benzene rings is 1. The summed E-state index contributed by atoms with van der Waals surface area (Å²) in [6.45, 7) is 11.6. The van der Waals surface area contributed by atoms with Crippen molar-refractivity contribution in [2.45, 2.75) is 58.7 Å². The largest absolute Gasteiger partial charge is 0.433 e. The Morgan fingerprint density at radius 1 is 0.895 bits per heavy atom. The molecule has 1 aliphatic rings. The number of alkyl halides is 3. The third-order valence-corrected chi connectivity index (χ3v) is 6.68. The summed E-state index contributed by atoms with van der Waals surface area (Å²) >= 11 is 0. The van der Waals surface area contributed by atoms with E-state index < -0.39 is 17.3 Å². The van der Waals surface area contributed by atoms with Crippen LogP contribution in [0.3, 0.4) is 0 Å². The molecule has 1 aromatic carbocycles. The van der Waals surface area contributed by atoms with Crippen LogP contribution in [0.2, 0.25) is 0 Å². The van der Waals surface area contributed by atoms with Crippen molar-refractivity contribution >= 4 is 5.82 Å². The topological polar surface area (TPSA) is 67.2 Å². The van der Waals surface area contributed by atoms with E-state index in [0.29, 0.717) is 31.1 Å². The van der Waals surface area contributed by atoms with Gasteiger partial charge in [0.2, 0.25) is 0 Å². The summed E-state index contributed by atoms with van der Waals surface area (Å²) in [6.07, 6.45) is -0.972. The Kier molecular flexibility index (Phi) is 8.20. The second-order valence-electron chi connectivity index (χ2n) is 10.9. The Bertz CT molecular complexity index is 1270. The molecule has 7 nitrogen and oxygen atoms in total. The molecule has 0 bridgehead atoms. The lowest BCUT2D eigenvalue weighted by molar-refractivity contribution is -0.141. The van der Waals surface area contributed by atoms with Gasteiger partial charge in [-0.15, -0.1) is 0 Å². The highest BCUT2D eigenvalue weighted by atomic mass is 19.4. The van der Waals surface area contributed by atoms with Crippen LogP contribution >= 0.6 is 0 Å². The van der Waals surface area contributed by atoms with Crippen LogP contribution in [0, 0.1) is 6.92 Å². The molecule has 0 atom stereocenters. The molecule has 0 aliphatic carbocycles. The van der Waals surface area contributed by atoms with Crippen molar-refractivity contribution in [2.24, 2.45) is 0 Å². The maximum atomic E-state index is 13.5. The Labute approximate surface area is 221 Å². The minimum absolute atomic E-state index is 0.196. The highest BCUT2D eigenvalue weighted by Gasteiger charge is 2.36. The summed E-state index contributed by atoms with van der Waals surface area (Å²) in [7, 11) is 0. The van der Waals surface area contributed by atoms with Gasteiger partial charge in [0, 0.05) is 56.0 Å². The number of piperazine rings is 1. The predicted octanol–water partition coefficient (Wildman–Crippen LogP) is 4.93. The van der Waals surface area contributed by atoms with E-state index in [1.54, 1.807) is 10.8 Å². The zero-order valence-electron chi connectivity index (χ0n) is 22.4. The van der Waals surface area contributed by atoms with Crippen molar-refractivity contribution < 1.29 is 13.2 Å². The maximum absolute atomic E-state index is 13.5. The molecule has 10 heteroatoms. The van der Waals surface area contributed by atoms with Gasteiger partial charge in [-0.2, -0.15) is 18.2 Å². The van der Waals surface area contributed by atoms with Crippen molar-refractivity contribution in [1.29, 1.82) is 0 Å². The monoisotopic (exact) mass is 528 g/mol. The summed E-state index contributed by atoms with van der Waals surface area (Å²) in [5.41, 5.74) is 0.984. The number of anilines is 1. The fourth-order valence-corrected chi connectivity index (χ4v) is 4.46. The van der Waals surface area contributed by atoms with E-state index in [9.17, 15) is 18.0 Å². The lowest BCUT2D eigenvalue weighted by atomic mass is 9.95. The highest BCUT2D eigenvalue weighted by Crippen LogP contribution is 2.32. The van der Waals surface area contributed by atoms with Crippen LogP contribution in [0.15, 0.2) is 47.4 Å². The molecular formula is C28H35F3N6O. The number of aromatic nitrogens is 4. The minimum atomic E-state index is -4.52. The Balaban J connectivity index is 1.28. The van der Waals surface area contributed by atoms with Gasteiger partial charge in [0.1, 0.15) is 17.3 Å². The predicted molar refractivity (Wildman–Crippen MR) is 142 cm³/mol. The van der Waals surface area contributed by atoms with Crippen LogP contribution in [0.5, 0.6) is 0 Å². The van der Waals surface area contributed by atoms with Crippen LogP contribution < -0.4 is 10.6 Å². The summed E-state index contributed by atoms with van der Waals surface area (Å²) in [5, 5.41) is 0. The number of rotatable bonds is 7. The molecule has 2 aromatic heterocycles. The Hall–Kier alpha value is -3.27. The van der Waals surface area contributed by atoms with Gasteiger partial charge in [-0.25, -0.2) is 14.8 Å². The number of hydrogen-bond acceptors (Lipinski definition) is 6. The van der Waals surface area contributed by atoms with Gasteiger partial charge in [-0.3, -0.25) is 9.47 Å². The molecule has 0 saturated carbocycles. The second-order valence-corrected chi connectivity index (χ2v) is 10.9. The molecule has 3 aromatic rings. The average Bonchev–Trinajstić information content (AvgIpc) is 2.86. The molecule has 1 saturated heterocycles. The molecule has 0 spiro atoms. The molecule has 1 aliphatic heterocycles. The van der Waals surface area contributed by atoms with Gasteiger partial charge in [-0.1, -0.05) is 44.5 Å². The number of halogens is 3. The minimum Gasteiger partial charge on any atom is -0.354 e. The van der Waals surface area contributed by atoms with Crippen LogP contribution in [-0.2, 0) is 18.1 Å². The second kappa shape index (κ2) is 11.2. The van der Waals surface area contributed by atoms with Crippen LogP contribution in [-0.4, -0.2) is 57.1 Å². The molecule has 38 heavy (non-hydrogen) atoms. The van der Waals surface area contributed by atoms with E-state index >= 15 is 0 Å². The molecular weight excluding hydrogens is 493 g/mol. The van der Waals surface area contributed by atoms with Crippen molar-refractivity contribution in [3.8, 4) is 11.3 Å². The van der Waals surface area contributed by atoms with E-state index in [1.165, 1.54) is 0 Å². The van der Waals surface area contributed by atoms with Gasteiger partial charge >= 0.3 is 11.9 Å². The van der Waals surface area contributed by atoms with Gasteiger partial charge in [0.25, 0.3) is 0 Å². The summed E-state index contributed by atoms with van der Waals surface area (Å²) < 4.78 is 42.0. The first kappa shape index (κ1) is 27.8. The number of aryl methyl sites for hydroxylation is 2. The molecule has 0 unspecified atom stereocenters. The number of hydrogen-bond donors (Lipinski definition) is 0. The lowest BCUT2D eigenvalue weighted by Crippen LogP contribution is -2.47. The quantitative estimate of drug-likeness (QED) is 0.406. The van der Waals surface area contributed by atoms with Crippen LogP contribution in [0.4, 0.5) is 19.0 Å². The molecule has 1 fully saturated rings. The first-order valence-corrected chi connectivity index (χ1v) is 13.0. The van der Waals surface area contributed by atoms with Crippen LogP contribution in [0.25, 0.3) is 11.3 Å². The fourth-order valence-electron chi connectivity index (χ4n) is 4.46. The molecule has 0 amide bonds. The molecule has 0 N–H and O–H groups in total. The van der Waals surface area contributed by atoms with Crippen molar-refractivity contribution in [2.75, 3.05) is 37.6 Å². The Morgan fingerprint density at radius 3 is 2.24 bits per heavy atom. The highest BCUT2D eigenvalue weighted by molar-refractivity contribution is 5.59.